The molecule has 0 aliphatic carbocycles. The van der Waals surface area contributed by atoms with Gasteiger partial charge in [0.1, 0.15) is 5.75 Å². The van der Waals surface area contributed by atoms with E-state index in [-0.39, 0.29) is 32.0 Å². The van der Waals surface area contributed by atoms with Gasteiger partial charge in [-0.1, -0.05) is 18.2 Å². The predicted octanol–water partition coefficient (Wildman–Crippen LogP) is 1.25. The molecule has 0 bridgehead atoms. The summed E-state index contributed by atoms with van der Waals surface area (Å²) in [5.41, 5.74) is 0. The molecule has 5 nitrogen and oxygen atoms in total. The normalized spacial score (nSPS) is 10.8. The molecule has 0 aromatic heterocycles. The van der Waals surface area contributed by atoms with Gasteiger partial charge in [0.2, 0.25) is 5.91 Å². The van der Waals surface area contributed by atoms with Crippen LogP contribution < -0.4 is 15.4 Å². The molecular weight excluding hydrogens is 289 g/mol. The molecule has 2 amide bonds. The van der Waals surface area contributed by atoms with Crippen molar-refractivity contribution in [1.29, 1.82) is 0 Å². The molecule has 0 spiro atoms. The van der Waals surface area contributed by atoms with Gasteiger partial charge < -0.3 is 15.4 Å². The Kier molecular flexibility index (Phi) is 6.51. The van der Waals surface area contributed by atoms with Crippen molar-refractivity contribution in [3.05, 3.63) is 30.3 Å². The molecule has 0 atom stereocenters. The van der Waals surface area contributed by atoms with Crippen LogP contribution in [0.4, 0.5) is 13.2 Å². The summed E-state index contributed by atoms with van der Waals surface area (Å²) in [6.45, 7) is -0.208. The van der Waals surface area contributed by atoms with E-state index in [0.717, 1.165) is 0 Å². The number of ether oxygens (including phenoxy) is 1. The molecule has 0 fully saturated rings. The summed E-state index contributed by atoms with van der Waals surface area (Å²) < 4.78 is 40.8. The third kappa shape index (κ3) is 7.19. The van der Waals surface area contributed by atoms with Crippen molar-refractivity contribution >= 4 is 11.8 Å². The first kappa shape index (κ1) is 16.8. The van der Waals surface area contributed by atoms with Crippen LogP contribution in [0, 0.1) is 0 Å². The lowest BCUT2D eigenvalue weighted by Gasteiger charge is -2.09. The summed E-state index contributed by atoms with van der Waals surface area (Å²) in [6, 6.07) is 8.89. The lowest BCUT2D eigenvalue weighted by molar-refractivity contribution is -0.173. The molecule has 1 rings (SSSR count). The van der Waals surface area contributed by atoms with E-state index in [0.29, 0.717) is 5.75 Å². The maximum Gasteiger partial charge on any atom is 0.471 e. The third-order valence-electron chi connectivity index (χ3n) is 2.33. The number of hydrogen-bond donors (Lipinski definition) is 2. The summed E-state index contributed by atoms with van der Waals surface area (Å²) in [7, 11) is 0. The molecule has 2 N–H and O–H groups in total. The fourth-order valence-electron chi connectivity index (χ4n) is 1.34. The lowest BCUT2D eigenvalue weighted by Crippen LogP contribution is -2.41. The second kappa shape index (κ2) is 8.13. The average molecular weight is 304 g/mol. The van der Waals surface area contributed by atoms with E-state index in [1.165, 1.54) is 0 Å². The van der Waals surface area contributed by atoms with Crippen LogP contribution in [0.15, 0.2) is 30.3 Å². The average Bonchev–Trinajstić information content (AvgIpc) is 2.43. The first-order valence-corrected chi connectivity index (χ1v) is 6.19. The van der Waals surface area contributed by atoms with Crippen LogP contribution in [0.5, 0.6) is 5.75 Å². The molecule has 0 aliphatic heterocycles. The Hall–Kier alpha value is -2.25. The minimum absolute atomic E-state index is 0.0715. The summed E-state index contributed by atoms with van der Waals surface area (Å²) in [6.07, 6.45) is -4.84. The van der Waals surface area contributed by atoms with Crippen LogP contribution in [0.25, 0.3) is 0 Å². The maximum absolute atomic E-state index is 11.8. The van der Waals surface area contributed by atoms with Crippen LogP contribution in [0.2, 0.25) is 0 Å². The zero-order chi connectivity index (χ0) is 15.7. The van der Waals surface area contributed by atoms with E-state index < -0.39 is 12.1 Å². The number of para-hydroxylation sites is 1. The molecule has 0 saturated carbocycles. The number of nitrogens with one attached hydrogen (secondary N) is 2. The molecule has 0 unspecified atom stereocenters. The smallest absolute Gasteiger partial charge is 0.471 e. The van der Waals surface area contributed by atoms with Crippen molar-refractivity contribution in [2.75, 3.05) is 19.7 Å². The SMILES string of the molecule is O=C(CCOc1ccccc1)NCCNC(=O)C(F)(F)F. The standard InChI is InChI=1S/C13H15F3N2O3/c14-13(15,16)12(20)18-8-7-17-11(19)6-9-21-10-4-2-1-3-5-10/h1-5H,6-9H2,(H,17,19)(H,18,20). The number of rotatable bonds is 7. The predicted molar refractivity (Wildman–Crippen MR) is 68.6 cm³/mol. The van der Waals surface area contributed by atoms with Crippen LogP contribution in [0.1, 0.15) is 6.42 Å². The number of carbonyl (C=O) groups is 2. The van der Waals surface area contributed by atoms with E-state index in [2.05, 4.69) is 5.32 Å². The highest BCUT2D eigenvalue weighted by atomic mass is 19.4. The minimum Gasteiger partial charge on any atom is -0.493 e. The molecular formula is C13H15F3N2O3. The van der Waals surface area contributed by atoms with Gasteiger partial charge in [-0.2, -0.15) is 13.2 Å². The van der Waals surface area contributed by atoms with Crippen molar-refractivity contribution in [3.8, 4) is 5.75 Å². The van der Waals surface area contributed by atoms with Crippen LogP contribution in [-0.2, 0) is 9.59 Å². The molecule has 0 aliphatic rings. The highest BCUT2D eigenvalue weighted by Crippen LogP contribution is 2.13. The number of benzene rings is 1. The van der Waals surface area contributed by atoms with Gasteiger partial charge in [-0.05, 0) is 12.1 Å². The van der Waals surface area contributed by atoms with Crippen molar-refractivity contribution in [2.24, 2.45) is 0 Å². The zero-order valence-corrected chi connectivity index (χ0v) is 11.1. The Bertz CT molecular complexity index is 463. The largest absolute Gasteiger partial charge is 0.493 e. The van der Waals surface area contributed by atoms with E-state index in [4.69, 9.17) is 4.74 Å². The molecule has 21 heavy (non-hydrogen) atoms. The molecule has 0 saturated heterocycles. The molecule has 0 heterocycles. The quantitative estimate of drug-likeness (QED) is 0.745. The summed E-state index contributed by atoms with van der Waals surface area (Å²) >= 11 is 0. The Morgan fingerprint density at radius 1 is 1.05 bits per heavy atom. The third-order valence-corrected chi connectivity index (χ3v) is 2.33. The van der Waals surface area contributed by atoms with Crippen LogP contribution in [0.3, 0.4) is 0 Å². The maximum atomic E-state index is 11.8. The van der Waals surface area contributed by atoms with Gasteiger partial charge in [0.15, 0.2) is 0 Å². The molecule has 0 radical (unpaired) electrons. The minimum atomic E-state index is -4.91. The monoisotopic (exact) mass is 304 g/mol. The highest BCUT2D eigenvalue weighted by molar-refractivity contribution is 5.81. The molecule has 1 aromatic rings. The first-order valence-electron chi connectivity index (χ1n) is 6.19. The van der Waals surface area contributed by atoms with Gasteiger partial charge in [0.05, 0.1) is 13.0 Å². The van der Waals surface area contributed by atoms with E-state index in [9.17, 15) is 22.8 Å². The number of halogens is 3. The van der Waals surface area contributed by atoms with Gasteiger partial charge in [0, 0.05) is 13.1 Å². The van der Waals surface area contributed by atoms with Gasteiger partial charge in [-0.25, -0.2) is 0 Å². The van der Waals surface area contributed by atoms with E-state index in [1.807, 2.05) is 6.07 Å². The fraction of sp³-hybridized carbons (Fsp3) is 0.385. The second-order valence-corrected chi connectivity index (χ2v) is 4.02. The Morgan fingerprint density at radius 2 is 1.67 bits per heavy atom. The summed E-state index contributed by atoms with van der Waals surface area (Å²) in [4.78, 5) is 21.8. The molecule has 8 heteroatoms. The number of alkyl halides is 3. The topological polar surface area (TPSA) is 67.4 Å². The van der Waals surface area contributed by atoms with Gasteiger partial charge >= 0.3 is 12.1 Å². The molecule has 1 aromatic carbocycles. The summed E-state index contributed by atoms with van der Waals surface area (Å²) in [5.74, 6) is -1.76. The van der Waals surface area contributed by atoms with Crippen molar-refractivity contribution in [2.45, 2.75) is 12.6 Å². The Morgan fingerprint density at radius 3 is 2.29 bits per heavy atom. The van der Waals surface area contributed by atoms with Crippen molar-refractivity contribution in [1.82, 2.24) is 10.6 Å². The van der Waals surface area contributed by atoms with Gasteiger partial charge in [-0.3, -0.25) is 9.59 Å². The van der Waals surface area contributed by atoms with Gasteiger partial charge in [0.25, 0.3) is 0 Å². The number of carbonyl (C=O) groups excluding carboxylic acids is 2. The summed E-state index contributed by atoms with van der Waals surface area (Å²) in [5, 5.41) is 4.02. The van der Waals surface area contributed by atoms with E-state index in [1.54, 1.807) is 29.6 Å². The zero-order valence-electron chi connectivity index (χ0n) is 11.1. The fourth-order valence-corrected chi connectivity index (χ4v) is 1.34. The highest BCUT2D eigenvalue weighted by Gasteiger charge is 2.38. The van der Waals surface area contributed by atoms with Crippen molar-refractivity contribution < 1.29 is 27.5 Å². The molecule has 116 valence electrons. The Labute approximate surface area is 119 Å². The van der Waals surface area contributed by atoms with Crippen molar-refractivity contribution in [3.63, 3.8) is 0 Å². The number of amides is 2. The number of hydrogen-bond acceptors (Lipinski definition) is 3. The second-order valence-electron chi connectivity index (χ2n) is 4.02. The van der Waals surface area contributed by atoms with Gasteiger partial charge in [-0.15, -0.1) is 0 Å². The van der Waals surface area contributed by atoms with Crippen LogP contribution in [-0.4, -0.2) is 37.7 Å². The van der Waals surface area contributed by atoms with Crippen LogP contribution >= 0.6 is 0 Å². The Balaban J connectivity index is 2.08. The lowest BCUT2D eigenvalue weighted by atomic mass is 10.3. The van der Waals surface area contributed by atoms with E-state index >= 15 is 0 Å². The first-order chi connectivity index (χ1) is 9.89.